The second-order valence-corrected chi connectivity index (χ2v) is 8.11. The van der Waals surface area contributed by atoms with Gasteiger partial charge in [0.2, 0.25) is 0 Å². The fraction of sp³-hybridized carbons (Fsp3) is 0.280. The number of anilines is 2. The maximum atomic E-state index is 5.84. The predicted molar refractivity (Wildman–Crippen MR) is 131 cm³/mol. The zero-order chi connectivity index (χ0) is 22.3. The van der Waals surface area contributed by atoms with Crippen LogP contribution in [0.15, 0.2) is 60.1 Å². The Morgan fingerprint density at radius 1 is 0.938 bits per heavy atom. The first-order valence-corrected chi connectivity index (χ1v) is 11.9. The Balaban J connectivity index is 1.68. The van der Waals surface area contributed by atoms with Gasteiger partial charge in [0.25, 0.3) is 0 Å². The van der Waals surface area contributed by atoms with Crippen LogP contribution >= 0.6 is 11.8 Å². The Hall–Kier alpha value is -3.19. The molecule has 4 aromatic rings. The Morgan fingerprint density at radius 2 is 1.75 bits per heavy atom. The van der Waals surface area contributed by atoms with Crippen LogP contribution in [-0.4, -0.2) is 28.2 Å². The van der Waals surface area contributed by atoms with Gasteiger partial charge in [0.15, 0.2) is 16.7 Å². The minimum atomic E-state index is 0.573. The number of H-pyrrole nitrogens is 1. The van der Waals surface area contributed by atoms with E-state index in [9.17, 15) is 0 Å². The summed E-state index contributed by atoms with van der Waals surface area (Å²) >= 11 is 1.71. The molecule has 2 aromatic carbocycles. The SMILES string of the molecule is CCOc1cc2nccc(Nc3cccc(CSc4ncc[nH]4)c3CC)c2cc1OCC. The average molecular weight is 449 g/mol. The summed E-state index contributed by atoms with van der Waals surface area (Å²) in [5.74, 6) is 2.31. The summed E-state index contributed by atoms with van der Waals surface area (Å²) in [5, 5.41) is 5.58. The molecule has 7 heteroatoms. The predicted octanol–water partition coefficient (Wildman–Crippen LogP) is 6.35. The quantitative estimate of drug-likeness (QED) is 0.275. The number of ether oxygens (including phenoxy) is 2. The van der Waals surface area contributed by atoms with Gasteiger partial charge in [0.05, 0.1) is 18.7 Å². The smallest absolute Gasteiger partial charge is 0.165 e. The Morgan fingerprint density at radius 3 is 2.47 bits per heavy atom. The number of aromatic amines is 1. The molecule has 2 N–H and O–H groups in total. The molecule has 166 valence electrons. The van der Waals surface area contributed by atoms with Crippen molar-refractivity contribution in [3.8, 4) is 11.5 Å². The molecular weight excluding hydrogens is 420 g/mol. The average Bonchev–Trinajstić information content (AvgIpc) is 3.32. The van der Waals surface area contributed by atoms with Gasteiger partial charge in [-0.1, -0.05) is 30.8 Å². The number of imidazole rings is 1. The lowest BCUT2D eigenvalue weighted by atomic mass is 10.0. The third-order valence-electron chi connectivity index (χ3n) is 5.14. The van der Waals surface area contributed by atoms with Crippen molar-refractivity contribution in [1.82, 2.24) is 15.0 Å². The van der Waals surface area contributed by atoms with Gasteiger partial charge in [-0.05, 0) is 49.6 Å². The van der Waals surface area contributed by atoms with Gasteiger partial charge in [0.1, 0.15) is 0 Å². The number of pyridine rings is 1. The summed E-state index contributed by atoms with van der Waals surface area (Å²) < 4.78 is 11.6. The first-order valence-electron chi connectivity index (χ1n) is 10.9. The van der Waals surface area contributed by atoms with E-state index in [2.05, 4.69) is 45.4 Å². The molecule has 32 heavy (non-hydrogen) atoms. The van der Waals surface area contributed by atoms with Crippen LogP contribution in [0.2, 0.25) is 0 Å². The van der Waals surface area contributed by atoms with Crippen molar-refractivity contribution in [3.05, 3.63) is 66.1 Å². The molecule has 0 saturated heterocycles. The van der Waals surface area contributed by atoms with Crippen molar-refractivity contribution in [2.45, 2.75) is 38.1 Å². The van der Waals surface area contributed by atoms with Gasteiger partial charge >= 0.3 is 0 Å². The first kappa shape index (κ1) is 22.0. The fourth-order valence-corrected chi connectivity index (χ4v) is 4.57. The Labute approximate surface area is 192 Å². The zero-order valence-corrected chi connectivity index (χ0v) is 19.5. The van der Waals surface area contributed by atoms with Gasteiger partial charge in [-0.3, -0.25) is 4.98 Å². The molecule has 0 unspecified atom stereocenters. The third kappa shape index (κ3) is 4.83. The molecule has 2 aromatic heterocycles. The fourth-order valence-electron chi connectivity index (χ4n) is 3.72. The minimum Gasteiger partial charge on any atom is -0.490 e. The molecule has 0 atom stereocenters. The summed E-state index contributed by atoms with van der Waals surface area (Å²) in [6, 6.07) is 12.4. The van der Waals surface area contributed by atoms with E-state index < -0.39 is 0 Å². The summed E-state index contributed by atoms with van der Waals surface area (Å²) in [6.45, 7) is 7.28. The second-order valence-electron chi connectivity index (χ2n) is 7.15. The van der Waals surface area contributed by atoms with Crippen LogP contribution in [0.4, 0.5) is 11.4 Å². The molecule has 0 fully saturated rings. The topological polar surface area (TPSA) is 72.1 Å². The molecule has 4 rings (SSSR count). The molecule has 0 aliphatic carbocycles. The monoisotopic (exact) mass is 448 g/mol. The highest BCUT2D eigenvalue weighted by Gasteiger charge is 2.13. The van der Waals surface area contributed by atoms with Crippen LogP contribution < -0.4 is 14.8 Å². The summed E-state index contributed by atoms with van der Waals surface area (Å²) in [7, 11) is 0. The lowest BCUT2D eigenvalue weighted by Gasteiger charge is -2.17. The van der Waals surface area contributed by atoms with Crippen LogP contribution in [0.5, 0.6) is 11.5 Å². The Bertz CT molecular complexity index is 1180. The number of thioether (sulfide) groups is 1. The number of hydrogen-bond donors (Lipinski definition) is 2. The lowest BCUT2D eigenvalue weighted by molar-refractivity contribution is 0.288. The molecule has 0 aliphatic rings. The molecule has 0 amide bonds. The van der Waals surface area contributed by atoms with Crippen LogP contribution in [0.1, 0.15) is 31.9 Å². The molecule has 0 spiro atoms. The summed E-state index contributed by atoms with van der Waals surface area (Å²) in [5.41, 5.74) is 5.55. The maximum Gasteiger partial charge on any atom is 0.165 e. The van der Waals surface area contributed by atoms with Gasteiger partial charge in [-0.2, -0.15) is 0 Å². The van der Waals surface area contributed by atoms with E-state index in [1.54, 1.807) is 18.0 Å². The van der Waals surface area contributed by atoms with Crippen molar-refractivity contribution >= 4 is 34.0 Å². The largest absolute Gasteiger partial charge is 0.490 e. The van der Waals surface area contributed by atoms with E-state index in [1.807, 2.05) is 44.4 Å². The number of aromatic nitrogens is 3. The molecule has 0 radical (unpaired) electrons. The van der Waals surface area contributed by atoms with Crippen LogP contribution in [-0.2, 0) is 12.2 Å². The van der Waals surface area contributed by atoms with Crippen molar-refractivity contribution in [3.63, 3.8) is 0 Å². The highest BCUT2D eigenvalue weighted by Crippen LogP contribution is 2.37. The molecular formula is C25H28N4O2S. The van der Waals surface area contributed by atoms with Gasteiger partial charge < -0.3 is 19.8 Å². The van der Waals surface area contributed by atoms with Crippen molar-refractivity contribution < 1.29 is 9.47 Å². The number of fused-ring (bicyclic) bond motifs is 1. The second kappa shape index (κ2) is 10.4. The zero-order valence-electron chi connectivity index (χ0n) is 18.6. The van der Waals surface area contributed by atoms with Crippen molar-refractivity contribution in [1.29, 1.82) is 0 Å². The van der Waals surface area contributed by atoms with Gasteiger partial charge in [0, 0.05) is 47.2 Å². The number of nitrogens with zero attached hydrogens (tertiary/aromatic N) is 2. The van der Waals surface area contributed by atoms with Gasteiger partial charge in [-0.15, -0.1) is 0 Å². The highest BCUT2D eigenvalue weighted by atomic mass is 32.2. The number of nitrogens with one attached hydrogen (secondary N) is 2. The van der Waals surface area contributed by atoms with E-state index in [0.29, 0.717) is 13.2 Å². The van der Waals surface area contributed by atoms with E-state index in [-0.39, 0.29) is 0 Å². The van der Waals surface area contributed by atoms with E-state index in [4.69, 9.17) is 9.47 Å². The van der Waals surface area contributed by atoms with Gasteiger partial charge in [-0.25, -0.2) is 4.98 Å². The van der Waals surface area contributed by atoms with Crippen LogP contribution in [0.25, 0.3) is 10.9 Å². The van der Waals surface area contributed by atoms with Crippen LogP contribution in [0.3, 0.4) is 0 Å². The Kier molecular flexibility index (Phi) is 7.17. The van der Waals surface area contributed by atoms with Crippen molar-refractivity contribution in [2.75, 3.05) is 18.5 Å². The van der Waals surface area contributed by atoms with Crippen molar-refractivity contribution in [2.24, 2.45) is 0 Å². The molecule has 0 saturated carbocycles. The summed E-state index contributed by atoms with van der Waals surface area (Å²) in [4.78, 5) is 12.0. The minimum absolute atomic E-state index is 0.573. The number of benzene rings is 2. The highest BCUT2D eigenvalue weighted by molar-refractivity contribution is 7.98. The maximum absolute atomic E-state index is 5.84. The molecule has 0 aliphatic heterocycles. The summed E-state index contributed by atoms with van der Waals surface area (Å²) in [6.07, 6.45) is 6.38. The number of hydrogen-bond acceptors (Lipinski definition) is 6. The van der Waals surface area contributed by atoms with E-state index in [0.717, 1.165) is 51.1 Å². The molecule has 2 heterocycles. The van der Waals surface area contributed by atoms with Crippen LogP contribution in [0, 0.1) is 0 Å². The first-order chi connectivity index (χ1) is 15.7. The molecule has 0 bridgehead atoms. The standard InChI is InChI=1S/C25H28N4O2S/c1-4-18-17(16-32-25-27-12-13-28-25)8-7-9-20(18)29-21-10-11-26-22-15-24(31-6-3)23(30-5-2)14-19(21)22/h7-15H,4-6,16H2,1-3H3,(H,26,29)(H,27,28). The lowest BCUT2D eigenvalue weighted by Crippen LogP contribution is -2.02. The van der Waals surface area contributed by atoms with E-state index >= 15 is 0 Å². The van der Waals surface area contributed by atoms with E-state index in [1.165, 1.54) is 11.1 Å². The third-order valence-corrected chi connectivity index (χ3v) is 6.09. The normalized spacial score (nSPS) is 11.0. The number of rotatable bonds is 10. The molecule has 6 nitrogen and oxygen atoms in total.